The first-order valence-electron chi connectivity index (χ1n) is 8.26. The molecule has 0 spiro atoms. The molecule has 0 aromatic heterocycles. The van der Waals surface area contributed by atoms with Crippen LogP contribution >= 0.6 is 0 Å². The topological polar surface area (TPSA) is 29.5 Å². The lowest BCUT2D eigenvalue weighted by molar-refractivity contribution is -0.0294. The molecule has 0 aliphatic heterocycles. The lowest BCUT2D eigenvalue weighted by atomic mass is 9.86. The minimum absolute atomic E-state index is 0.152. The van der Waals surface area contributed by atoms with Crippen LogP contribution in [0.2, 0.25) is 0 Å². The van der Waals surface area contributed by atoms with Crippen LogP contribution in [-0.4, -0.2) is 17.8 Å². The molecule has 1 saturated carbocycles. The third-order valence-corrected chi connectivity index (χ3v) is 4.61. The maximum atomic E-state index is 10.3. The van der Waals surface area contributed by atoms with E-state index in [1.165, 1.54) is 18.4 Å². The third-order valence-electron chi connectivity index (χ3n) is 4.61. The van der Waals surface area contributed by atoms with E-state index in [4.69, 9.17) is 4.74 Å². The van der Waals surface area contributed by atoms with Crippen molar-refractivity contribution in [2.75, 3.05) is 6.61 Å². The Balaban J connectivity index is 1.84. The molecule has 1 atom stereocenters. The van der Waals surface area contributed by atoms with Gasteiger partial charge in [-0.3, -0.25) is 0 Å². The van der Waals surface area contributed by atoms with Crippen LogP contribution in [0.15, 0.2) is 24.3 Å². The molecule has 0 radical (unpaired) electrons. The summed E-state index contributed by atoms with van der Waals surface area (Å²) in [6, 6.07) is 8.27. The number of benzene rings is 1. The lowest BCUT2D eigenvalue weighted by Gasteiger charge is -2.27. The highest BCUT2D eigenvalue weighted by atomic mass is 16.5. The molecule has 1 fully saturated rings. The van der Waals surface area contributed by atoms with E-state index in [9.17, 15) is 5.11 Å². The largest absolute Gasteiger partial charge is 0.386 e. The highest BCUT2D eigenvalue weighted by molar-refractivity contribution is 5.28. The van der Waals surface area contributed by atoms with Gasteiger partial charge in [0.25, 0.3) is 0 Å². The summed E-state index contributed by atoms with van der Waals surface area (Å²) in [7, 11) is 0. The summed E-state index contributed by atoms with van der Waals surface area (Å²) in [6.45, 7) is 9.32. The monoisotopic (exact) mass is 290 g/mol. The minimum Gasteiger partial charge on any atom is -0.386 e. The molecule has 1 aromatic rings. The van der Waals surface area contributed by atoms with Crippen LogP contribution in [0.1, 0.15) is 70.6 Å². The average Bonchev–Trinajstić information content (AvgIpc) is 2.45. The Hall–Kier alpha value is -0.860. The smallest absolute Gasteiger partial charge is 0.102 e. The fourth-order valence-corrected chi connectivity index (χ4v) is 2.92. The van der Waals surface area contributed by atoms with Crippen LogP contribution in [0, 0.1) is 5.92 Å². The Bertz CT molecular complexity index is 422. The first kappa shape index (κ1) is 16.5. The van der Waals surface area contributed by atoms with Crippen molar-refractivity contribution in [2.45, 2.75) is 71.0 Å². The maximum absolute atomic E-state index is 10.3. The number of ether oxygens (including phenoxy) is 1. The van der Waals surface area contributed by atoms with Crippen molar-refractivity contribution < 1.29 is 9.84 Å². The number of hydrogen-bond acceptors (Lipinski definition) is 2. The van der Waals surface area contributed by atoms with Gasteiger partial charge in [-0.25, -0.2) is 0 Å². The first-order chi connectivity index (χ1) is 9.86. The molecular weight excluding hydrogens is 260 g/mol. The number of rotatable bonds is 4. The zero-order valence-electron chi connectivity index (χ0n) is 13.9. The van der Waals surface area contributed by atoms with E-state index in [0.29, 0.717) is 12.7 Å². The molecule has 1 aliphatic rings. The molecule has 118 valence electrons. The number of aliphatic hydroxyl groups is 1. The van der Waals surface area contributed by atoms with E-state index in [1.54, 1.807) is 0 Å². The van der Waals surface area contributed by atoms with Gasteiger partial charge in [0.2, 0.25) is 0 Å². The van der Waals surface area contributed by atoms with Gasteiger partial charge in [-0.05, 0) is 48.1 Å². The van der Waals surface area contributed by atoms with Crippen LogP contribution < -0.4 is 0 Å². The van der Waals surface area contributed by atoms with E-state index in [-0.39, 0.29) is 5.41 Å². The molecular formula is C19H30O2. The van der Waals surface area contributed by atoms with Crippen LogP contribution in [0.25, 0.3) is 0 Å². The molecule has 2 nitrogen and oxygen atoms in total. The molecule has 1 aliphatic carbocycles. The Morgan fingerprint density at radius 1 is 1.10 bits per heavy atom. The molecule has 0 amide bonds. The maximum Gasteiger partial charge on any atom is 0.102 e. The van der Waals surface area contributed by atoms with Crippen molar-refractivity contribution in [3.05, 3.63) is 35.4 Å². The predicted molar refractivity (Wildman–Crippen MR) is 87.5 cm³/mol. The summed E-state index contributed by atoms with van der Waals surface area (Å²) < 4.78 is 5.89. The van der Waals surface area contributed by atoms with Gasteiger partial charge in [-0.15, -0.1) is 0 Å². The second kappa shape index (κ2) is 6.93. The van der Waals surface area contributed by atoms with E-state index in [1.807, 2.05) is 12.1 Å². The normalized spacial score (nSPS) is 24.8. The van der Waals surface area contributed by atoms with Crippen molar-refractivity contribution in [3.8, 4) is 0 Å². The quantitative estimate of drug-likeness (QED) is 0.877. The van der Waals surface area contributed by atoms with Gasteiger partial charge in [0.15, 0.2) is 0 Å². The summed E-state index contributed by atoms with van der Waals surface area (Å²) in [5.74, 6) is 0.833. The number of hydrogen-bond donors (Lipinski definition) is 1. The van der Waals surface area contributed by atoms with E-state index < -0.39 is 6.10 Å². The van der Waals surface area contributed by atoms with Crippen LogP contribution in [0.5, 0.6) is 0 Å². The zero-order valence-corrected chi connectivity index (χ0v) is 13.9. The molecule has 21 heavy (non-hydrogen) atoms. The molecule has 2 heteroatoms. The molecule has 1 unspecified atom stereocenters. The van der Waals surface area contributed by atoms with Gasteiger partial charge in [0.05, 0.1) is 12.7 Å². The Kier molecular flexibility index (Phi) is 5.45. The highest BCUT2D eigenvalue weighted by Gasteiger charge is 2.20. The Morgan fingerprint density at radius 3 is 2.19 bits per heavy atom. The molecule has 0 bridgehead atoms. The second-order valence-corrected chi connectivity index (χ2v) is 7.60. The lowest BCUT2D eigenvalue weighted by Crippen LogP contribution is -2.22. The molecule has 1 N–H and O–H groups in total. The summed E-state index contributed by atoms with van der Waals surface area (Å²) in [4.78, 5) is 0. The standard InChI is InChI=1S/C19H30O2/c1-14-5-11-17(12-6-14)21-13-18(20)15-7-9-16(10-8-15)19(2,3)4/h7-10,14,17-18,20H,5-6,11-13H2,1-4H3. The fourth-order valence-electron chi connectivity index (χ4n) is 2.92. The predicted octanol–water partition coefficient (Wildman–Crippen LogP) is 4.61. The summed E-state index contributed by atoms with van der Waals surface area (Å²) >= 11 is 0. The Labute approximate surface area is 129 Å². The van der Waals surface area contributed by atoms with Crippen molar-refractivity contribution in [1.29, 1.82) is 0 Å². The van der Waals surface area contributed by atoms with Crippen molar-refractivity contribution in [2.24, 2.45) is 5.92 Å². The van der Waals surface area contributed by atoms with Gasteiger partial charge < -0.3 is 9.84 Å². The fraction of sp³-hybridized carbons (Fsp3) is 0.684. The summed E-state index contributed by atoms with van der Waals surface area (Å²) in [5.41, 5.74) is 2.39. The Morgan fingerprint density at radius 2 is 1.67 bits per heavy atom. The zero-order chi connectivity index (χ0) is 15.5. The number of aliphatic hydroxyl groups excluding tert-OH is 1. The van der Waals surface area contributed by atoms with E-state index in [2.05, 4.69) is 39.8 Å². The molecule has 1 aromatic carbocycles. The summed E-state index contributed by atoms with van der Waals surface area (Å²) in [5, 5.41) is 10.3. The SMILES string of the molecule is CC1CCC(OCC(O)c2ccc(C(C)(C)C)cc2)CC1. The average molecular weight is 290 g/mol. The van der Waals surface area contributed by atoms with E-state index in [0.717, 1.165) is 24.3 Å². The minimum atomic E-state index is -0.515. The second-order valence-electron chi connectivity index (χ2n) is 7.60. The van der Waals surface area contributed by atoms with Crippen LogP contribution in [0.3, 0.4) is 0 Å². The van der Waals surface area contributed by atoms with Crippen LogP contribution in [-0.2, 0) is 10.2 Å². The highest BCUT2D eigenvalue weighted by Crippen LogP contribution is 2.27. The van der Waals surface area contributed by atoms with Gasteiger partial charge >= 0.3 is 0 Å². The van der Waals surface area contributed by atoms with Crippen molar-refractivity contribution in [3.63, 3.8) is 0 Å². The summed E-state index contributed by atoms with van der Waals surface area (Å²) in [6.07, 6.45) is 4.60. The van der Waals surface area contributed by atoms with Crippen LogP contribution in [0.4, 0.5) is 0 Å². The molecule has 0 heterocycles. The first-order valence-corrected chi connectivity index (χ1v) is 8.26. The molecule has 0 saturated heterocycles. The van der Waals surface area contributed by atoms with Gasteiger partial charge in [0.1, 0.15) is 6.10 Å². The third kappa shape index (κ3) is 4.82. The van der Waals surface area contributed by atoms with Gasteiger partial charge in [-0.1, -0.05) is 52.0 Å². The van der Waals surface area contributed by atoms with Crippen molar-refractivity contribution in [1.82, 2.24) is 0 Å². The molecule has 2 rings (SSSR count). The van der Waals surface area contributed by atoms with Gasteiger partial charge in [0, 0.05) is 0 Å². The van der Waals surface area contributed by atoms with Crippen molar-refractivity contribution >= 4 is 0 Å². The van der Waals surface area contributed by atoms with Gasteiger partial charge in [-0.2, -0.15) is 0 Å². The van der Waals surface area contributed by atoms with E-state index >= 15 is 0 Å².